The monoisotopic (exact) mass is 568 g/mol. The average Bonchev–Trinajstić information content (AvgIpc) is 3.64. The van der Waals surface area contributed by atoms with Crippen molar-refractivity contribution in [2.75, 3.05) is 0 Å². The molecule has 0 N–H and O–H groups in total. The maximum absolute atomic E-state index is 9.30. The molecule has 0 aliphatic heterocycles. The molecule has 8 rings (SSSR count). The molecule has 0 unspecified atom stereocenters. The quantitative estimate of drug-likeness (QED) is 0.189. The van der Waals surface area contributed by atoms with E-state index in [4.69, 9.17) is 19.2 Å². The first-order chi connectivity index (χ1) is 28.6. The van der Waals surface area contributed by atoms with Crippen molar-refractivity contribution in [2.24, 2.45) is 0 Å². The Balaban J connectivity index is 1.51. The minimum atomic E-state index is -3.15. The van der Waals surface area contributed by atoms with Crippen LogP contribution < -0.4 is 0 Å². The Morgan fingerprint density at radius 2 is 1.21 bits per heavy atom. The summed E-state index contributed by atoms with van der Waals surface area (Å²) in [6.07, 6.45) is -2.96. The Bertz CT molecular complexity index is 3080. The van der Waals surface area contributed by atoms with Gasteiger partial charge in [-0.15, -0.1) is 0 Å². The van der Waals surface area contributed by atoms with E-state index in [-0.39, 0.29) is 66.1 Å². The number of para-hydroxylation sites is 2. The van der Waals surface area contributed by atoms with Gasteiger partial charge in [0.25, 0.3) is 0 Å². The molecule has 0 atom stereocenters. The molecule has 0 radical (unpaired) electrons. The van der Waals surface area contributed by atoms with Crippen LogP contribution in [0.15, 0.2) is 151 Å². The highest BCUT2D eigenvalue weighted by molar-refractivity contribution is 6.21. The second-order valence-electron chi connectivity index (χ2n) is 9.76. The molecule has 0 saturated carbocycles. The van der Waals surface area contributed by atoms with E-state index in [0.717, 1.165) is 0 Å². The molecule has 1 aromatic heterocycles. The maximum atomic E-state index is 9.30. The molecule has 0 saturated heterocycles. The van der Waals surface area contributed by atoms with E-state index in [1.54, 1.807) is 42.5 Å². The van der Waals surface area contributed by atoms with E-state index in [1.807, 2.05) is 0 Å². The van der Waals surface area contributed by atoms with Gasteiger partial charge in [-0.1, -0.05) is 134 Å². The first kappa shape index (κ1) is 12.8. The van der Waals surface area contributed by atoms with Gasteiger partial charge in [0.2, 0.25) is 0 Å². The van der Waals surface area contributed by atoms with Gasteiger partial charge >= 0.3 is 0 Å². The molecule has 2 nitrogen and oxygen atoms in total. The summed E-state index contributed by atoms with van der Waals surface area (Å²) in [7, 11) is 0. The third-order valence-electron chi connectivity index (χ3n) is 7.40. The lowest BCUT2D eigenvalue weighted by Gasteiger charge is -2.18. The smallest absolute Gasteiger partial charge is 0.114 e. The lowest BCUT2D eigenvalue weighted by Crippen LogP contribution is -2.00. The molecule has 204 valence electrons. The number of imidazole rings is 1. The van der Waals surface area contributed by atoms with E-state index in [2.05, 4.69) is 4.98 Å². The molecule has 0 amide bonds. The average molecular weight is 569 g/mol. The SMILES string of the molecule is [2H]c1c([2H])c([2H])c(-c2ccc(-c3c4c([2H])c([2H])c([2H])c([2H])c4c(-c4cccc(-n5c(C([2H])([2H])C([2H])([2H])[2H])nc6ccccc65)c4)c4c([2H])c([2H])c([2H])c([2H])c34)cc2)c([2H])c1[2H]. The van der Waals surface area contributed by atoms with Gasteiger partial charge in [0, 0.05) is 18.9 Å². The lowest BCUT2D eigenvalue weighted by atomic mass is 9.85. The van der Waals surface area contributed by atoms with Gasteiger partial charge in [-0.05, 0) is 79.2 Å². The number of aryl methyl sites for hydroxylation is 1. The Hall–Kier alpha value is -5.47. The minimum absolute atomic E-state index is 0.00449. The van der Waals surface area contributed by atoms with Crippen molar-refractivity contribution in [2.45, 2.75) is 13.2 Å². The van der Waals surface area contributed by atoms with Crippen LogP contribution in [0.3, 0.4) is 0 Å². The highest BCUT2D eigenvalue weighted by Gasteiger charge is 2.18. The summed E-state index contributed by atoms with van der Waals surface area (Å²) in [4.78, 5) is 4.40. The van der Waals surface area contributed by atoms with Gasteiger partial charge in [-0.2, -0.15) is 0 Å². The molecule has 8 aromatic rings. The van der Waals surface area contributed by atoms with Crippen LogP contribution in [0.1, 0.15) is 37.3 Å². The summed E-state index contributed by atoms with van der Waals surface area (Å²) in [5, 5.41) is -0.434. The van der Waals surface area contributed by atoms with Crippen LogP contribution in [0.2, 0.25) is 0 Å². The predicted molar refractivity (Wildman–Crippen MR) is 182 cm³/mol. The zero-order chi connectivity index (χ0) is 44.4. The fraction of sp³-hybridized carbons (Fsp3) is 0.0488. The van der Waals surface area contributed by atoms with Crippen LogP contribution >= 0.6 is 0 Å². The molecule has 2 heteroatoms. The molecule has 0 bridgehead atoms. The van der Waals surface area contributed by atoms with Crippen molar-refractivity contribution in [3.8, 4) is 39.1 Å². The van der Waals surface area contributed by atoms with Crippen molar-refractivity contribution in [1.82, 2.24) is 9.55 Å². The van der Waals surface area contributed by atoms with Gasteiger partial charge in [0.15, 0.2) is 0 Å². The molecule has 0 aliphatic carbocycles. The summed E-state index contributed by atoms with van der Waals surface area (Å²) >= 11 is 0. The zero-order valence-electron chi connectivity index (χ0n) is 40.3. The first-order valence-corrected chi connectivity index (χ1v) is 13.3. The van der Waals surface area contributed by atoms with Gasteiger partial charge < -0.3 is 0 Å². The highest BCUT2D eigenvalue weighted by Crippen LogP contribution is 2.44. The van der Waals surface area contributed by atoms with Crippen LogP contribution in [0.5, 0.6) is 0 Å². The largest absolute Gasteiger partial charge is 0.296 e. The van der Waals surface area contributed by atoms with Crippen molar-refractivity contribution < 1.29 is 24.7 Å². The Morgan fingerprint density at radius 1 is 0.605 bits per heavy atom. The molecule has 43 heavy (non-hydrogen) atoms. The molecular weight excluding hydrogens is 520 g/mol. The van der Waals surface area contributed by atoms with E-state index >= 15 is 0 Å². The van der Waals surface area contributed by atoms with Crippen LogP contribution in [0, 0.1) is 0 Å². The van der Waals surface area contributed by atoms with Crippen LogP contribution in [-0.4, -0.2) is 9.55 Å². The van der Waals surface area contributed by atoms with Crippen molar-refractivity contribution in [3.63, 3.8) is 0 Å². The zero-order valence-corrected chi connectivity index (χ0v) is 22.3. The molecule has 0 spiro atoms. The van der Waals surface area contributed by atoms with Crippen LogP contribution in [-0.2, 0) is 6.37 Å². The highest BCUT2D eigenvalue weighted by atomic mass is 15.1. The Morgan fingerprint density at radius 3 is 1.88 bits per heavy atom. The van der Waals surface area contributed by atoms with Crippen LogP contribution in [0.25, 0.3) is 71.6 Å². The summed E-state index contributed by atoms with van der Waals surface area (Å²) in [6, 6.07) is 11.4. The number of nitrogens with zero attached hydrogens (tertiary/aromatic N) is 2. The van der Waals surface area contributed by atoms with Crippen molar-refractivity contribution in [1.29, 1.82) is 0 Å². The van der Waals surface area contributed by atoms with Gasteiger partial charge in [0.05, 0.1) is 28.9 Å². The van der Waals surface area contributed by atoms with E-state index in [1.165, 1.54) is 34.9 Å². The minimum Gasteiger partial charge on any atom is -0.296 e. The Kier molecular flexibility index (Phi) is 3.10. The second-order valence-corrected chi connectivity index (χ2v) is 9.76. The normalized spacial score (nSPS) is 18.0. The van der Waals surface area contributed by atoms with Gasteiger partial charge in [-0.25, -0.2) is 4.98 Å². The molecule has 7 aromatic carbocycles. The lowest BCUT2D eigenvalue weighted by molar-refractivity contribution is 0.908. The summed E-state index contributed by atoms with van der Waals surface area (Å²) < 4.78 is 156. The number of hydrogen-bond acceptors (Lipinski definition) is 1. The third kappa shape index (κ3) is 4.23. The number of aromatic nitrogens is 2. The first-order valence-electron chi connectivity index (χ1n) is 22.3. The fourth-order valence-electron chi connectivity index (χ4n) is 5.57. The molecule has 0 aliphatic rings. The topological polar surface area (TPSA) is 17.8 Å². The van der Waals surface area contributed by atoms with E-state index < -0.39 is 97.6 Å². The maximum Gasteiger partial charge on any atom is 0.114 e. The number of rotatable bonds is 5. The third-order valence-corrected chi connectivity index (χ3v) is 7.40. The number of fused-ring (bicyclic) bond motifs is 3. The van der Waals surface area contributed by atoms with E-state index in [0.29, 0.717) is 5.52 Å². The van der Waals surface area contributed by atoms with Crippen LogP contribution in [0.4, 0.5) is 0 Å². The summed E-state index contributed by atoms with van der Waals surface area (Å²) in [5.41, 5.74) is 1.39. The number of hydrogen-bond donors (Lipinski definition) is 0. The molecule has 1 heterocycles. The fourth-order valence-corrected chi connectivity index (χ4v) is 5.57. The Labute approximate surface area is 276 Å². The van der Waals surface area contributed by atoms with Gasteiger partial charge in [0.1, 0.15) is 5.82 Å². The van der Waals surface area contributed by atoms with Gasteiger partial charge in [-0.3, -0.25) is 4.57 Å². The standard InChI is InChI=1S/C41H30N2/c1-2-39-42-37-21-10-11-22-38(37)43(39)32-16-12-15-31(27-32)41-35-19-8-6-17-33(35)40(34-18-7-9-20-36(34)41)30-25-23-29(24-26-30)28-13-4-3-5-14-28/h3-27H,2H2,1H3/i1D3,2D2,3D,4D,5D,6D,7D,8D,9D,13D,14D,17D,18D,19D,20D. The number of benzene rings is 7. The molecule has 0 fully saturated rings. The summed E-state index contributed by atoms with van der Waals surface area (Å²) in [5.74, 6) is -0.438. The van der Waals surface area contributed by atoms with Crippen molar-refractivity contribution in [3.05, 3.63) is 157 Å². The van der Waals surface area contributed by atoms with Crippen molar-refractivity contribution >= 4 is 32.6 Å². The molecular formula is C41H30N2. The summed E-state index contributed by atoms with van der Waals surface area (Å²) in [6.45, 7) is -3.15. The predicted octanol–water partition coefficient (Wildman–Crippen LogP) is 10.9. The van der Waals surface area contributed by atoms with E-state index in [9.17, 15) is 5.48 Å². The second kappa shape index (κ2) is 10.4.